The van der Waals surface area contributed by atoms with Crippen LogP contribution in [0, 0.1) is 36.3 Å². The summed E-state index contributed by atoms with van der Waals surface area (Å²) < 4.78 is 0.489. The van der Waals surface area contributed by atoms with Gasteiger partial charge >= 0.3 is 0 Å². The van der Waals surface area contributed by atoms with E-state index >= 15 is 0 Å². The van der Waals surface area contributed by atoms with Gasteiger partial charge in [-0.2, -0.15) is 0 Å². The second-order valence-corrected chi connectivity index (χ2v) is 11.4. The number of hydrogen-bond donors (Lipinski definition) is 9. The highest BCUT2D eigenvalue weighted by Gasteiger charge is 2.23. The lowest BCUT2D eigenvalue weighted by Crippen LogP contribution is -2.28. The lowest BCUT2D eigenvalue weighted by atomic mass is 10.2. The van der Waals surface area contributed by atoms with Crippen LogP contribution in [0.4, 0.5) is 22.7 Å². The van der Waals surface area contributed by atoms with Crippen molar-refractivity contribution in [2.45, 2.75) is 27.2 Å². The molecule has 0 aliphatic carbocycles. The Labute approximate surface area is 269 Å². The molecule has 0 aliphatic heterocycles. The van der Waals surface area contributed by atoms with Gasteiger partial charge in [0.15, 0.2) is 10.5 Å². The molecule has 1 aromatic carbocycles. The number of non-ortho nitro benzene ring substituents is 1. The number of thiazole rings is 1. The number of para-hydroxylation sites is 1. The summed E-state index contributed by atoms with van der Waals surface area (Å²) in [7, 11) is 0. The van der Waals surface area contributed by atoms with Crippen molar-refractivity contribution in [3.05, 3.63) is 85.7 Å². The van der Waals surface area contributed by atoms with E-state index in [1.807, 2.05) is 0 Å². The van der Waals surface area contributed by atoms with Crippen LogP contribution in [0.15, 0.2) is 36.8 Å². The Bertz CT molecular complexity index is 2090. The van der Waals surface area contributed by atoms with Gasteiger partial charge in [-0.15, -0.1) is 11.3 Å². The number of hydrogen-bond acceptors (Lipinski definition) is 9. The molecule has 10 N–H and O–H groups in total. The molecule has 0 spiro atoms. The summed E-state index contributed by atoms with van der Waals surface area (Å²) in [5.74, 6) is -2.08. The molecule has 0 radical (unpaired) electrons. The van der Waals surface area contributed by atoms with Crippen LogP contribution in [0.3, 0.4) is 0 Å². The first-order valence-corrected chi connectivity index (χ1v) is 14.8. The van der Waals surface area contributed by atoms with Crippen LogP contribution in [0.1, 0.15) is 64.4 Å². The molecule has 5 aromatic rings. The van der Waals surface area contributed by atoms with Crippen LogP contribution in [0.5, 0.6) is 0 Å². The zero-order valence-corrected chi connectivity index (χ0v) is 26.0. The molecule has 18 heteroatoms. The minimum absolute atomic E-state index is 0.0219. The summed E-state index contributed by atoms with van der Waals surface area (Å²) in [6.07, 6.45) is 4.60. The summed E-state index contributed by atoms with van der Waals surface area (Å²) in [5, 5.41) is 29.4. The zero-order valence-electron chi connectivity index (χ0n) is 25.2. The fourth-order valence-electron chi connectivity index (χ4n) is 4.71. The minimum Gasteiger partial charge on any atom is -0.388 e. The summed E-state index contributed by atoms with van der Waals surface area (Å²) in [5.41, 5.74) is 8.24. The fourth-order valence-corrected chi connectivity index (χ4v) is 5.59. The van der Waals surface area contributed by atoms with Gasteiger partial charge in [0.05, 0.1) is 32.5 Å². The van der Waals surface area contributed by atoms with Crippen LogP contribution in [-0.4, -0.2) is 60.9 Å². The maximum atomic E-state index is 13.2. The van der Waals surface area contributed by atoms with Gasteiger partial charge in [0.2, 0.25) is 0 Å². The van der Waals surface area contributed by atoms with Crippen LogP contribution in [0.2, 0.25) is 0 Å². The van der Waals surface area contributed by atoms with Gasteiger partial charge < -0.3 is 42.0 Å². The number of carbonyl (C=O) groups is 4. The van der Waals surface area contributed by atoms with Gasteiger partial charge in [-0.1, -0.05) is 6.07 Å². The van der Waals surface area contributed by atoms with Gasteiger partial charge in [0.25, 0.3) is 29.3 Å². The Kier molecular flexibility index (Phi) is 8.86. The highest BCUT2D eigenvalue weighted by molar-refractivity contribution is 7.20. The molecular weight excluding hydrogens is 630 g/mol. The number of nitro benzene ring substituents is 1. The molecule has 0 unspecified atom stereocenters. The Morgan fingerprint density at radius 1 is 0.851 bits per heavy atom. The van der Waals surface area contributed by atoms with E-state index in [4.69, 9.17) is 11.1 Å². The molecule has 5 rings (SSSR count). The van der Waals surface area contributed by atoms with E-state index in [1.165, 1.54) is 30.7 Å². The average molecular weight is 660 g/mol. The number of fused-ring (bicyclic) bond motifs is 1. The van der Waals surface area contributed by atoms with Gasteiger partial charge in [-0.3, -0.25) is 34.7 Å². The zero-order chi connectivity index (χ0) is 34.0. The number of amidine groups is 1. The molecule has 0 aliphatic rings. The number of nitrogens with two attached hydrogens (primary N) is 1. The van der Waals surface area contributed by atoms with Gasteiger partial charge in [0, 0.05) is 54.3 Å². The highest BCUT2D eigenvalue weighted by atomic mass is 32.1. The van der Waals surface area contributed by atoms with Crippen LogP contribution in [-0.2, 0) is 0 Å². The van der Waals surface area contributed by atoms with Crippen molar-refractivity contribution in [2.24, 2.45) is 5.73 Å². The molecule has 4 amide bonds. The first-order chi connectivity index (χ1) is 22.3. The Morgan fingerprint density at radius 3 is 1.83 bits per heavy atom. The highest BCUT2D eigenvalue weighted by Crippen LogP contribution is 2.30. The maximum Gasteiger partial charge on any atom is 0.296 e. The average Bonchev–Trinajstić information content (AvgIpc) is 3.79. The van der Waals surface area contributed by atoms with Crippen molar-refractivity contribution in [1.82, 2.24) is 25.3 Å². The van der Waals surface area contributed by atoms with Crippen molar-refractivity contribution in [3.63, 3.8) is 0 Å². The first-order valence-electron chi connectivity index (χ1n) is 14.0. The second kappa shape index (κ2) is 13.0. The van der Waals surface area contributed by atoms with E-state index in [1.54, 1.807) is 26.8 Å². The minimum atomic E-state index is -0.593. The Balaban J connectivity index is 1.23. The van der Waals surface area contributed by atoms with Crippen molar-refractivity contribution < 1.29 is 24.1 Å². The molecule has 0 saturated heterocycles. The molecule has 242 valence electrons. The standard InChI is InChI=1S/C29H29N11O6S/c1-12-15(9-33-21(12)25(41)32-8-7-20(30)31)36-26(42)22-13(2)16(10-34-22)37-27(43)23-14(3)17(11-35-23)38-28(44)29-39-24-18(40(45)46)5-4-6-19(24)47-29/h4-6,9-11,33-35H,7-8H2,1-3H3,(H3,30,31)(H,32,41)(H,36,42)(H,37,43)(H,38,44). The monoisotopic (exact) mass is 659 g/mol. The lowest BCUT2D eigenvalue weighted by molar-refractivity contribution is -0.383. The van der Waals surface area contributed by atoms with Crippen LogP contribution >= 0.6 is 11.3 Å². The predicted octanol–water partition coefficient (Wildman–Crippen LogP) is 3.93. The second-order valence-electron chi connectivity index (χ2n) is 10.4. The van der Waals surface area contributed by atoms with E-state index in [-0.39, 0.29) is 52.1 Å². The predicted molar refractivity (Wildman–Crippen MR) is 176 cm³/mol. The largest absolute Gasteiger partial charge is 0.388 e. The third-order valence-corrected chi connectivity index (χ3v) is 8.33. The summed E-state index contributed by atoms with van der Waals surface area (Å²) in [6.45, 7) is 5.14. The molecule has 0 atom stereocenters. The lowest BCUT2D eigenvalue weighted by Gasteiger charge is -2.07. The first kappa shape index (κ1) is 32.1. The number of aromatic nitrogens is 4. The maximum absolute atomic E-state index is 13.2. The van der Waals surface area contributed by atoms with E-state index in [0.717, 1.165) is 11.3 Å². The van der Waals surface area contributed by atoms with Crippen molar-refractivity contribution >= 4 is 73.8 Å². The van der Waals surface area contributed by atoms with Gasteiger partial charge in [-0.25, -0.2) is 4.98 Å². The van der Waals surface area contributed by atoms with Crippen molar-refractivity contribution in [3.8, 4) is 0 Å². The fraction of sp³-hybridized carbons (Fsp3) is 0.172. The van der Waals surface area contributed by atoms with Crippen molar-refractivity contribution in [2.75, 3.05) is 22.5 Å². The molecular formula is C29H29N11O6S. The number of amides is 4. The quantitative estimate of drug-likeness (QED) is 0.0433. The smallest absolute Gasteiger partial charge is 0.296 e. The molecule has 4 heterocycles. The van der Waals surface area contributed by atoms with Gasteiger partial charge in [-0.05, 0) is 26.8 Å². The third-order valence-electron chi connectivity index (χ3n) is 7.31. The molecule has 0 bridgehead atoms. The summed E-state index contributed by atoms with van der Waals surface area (Å²) in [4.78, 5) is 75.1. The number of carbonyl (C=O) groups excluding carboxylic acids is 4. The van der Waals surface area contributed by atoms with E-state index in [2.05, 4.69) is 41.2 Å². The van der Waals surface area contributed by atoms with E-state index < -0.39 is 28.6 Å². The number of benzene rings is 1. The number of nitrogens with zero attached hydrogens (tertiary/aromatic N) is 2. The van der Waals surface area contributed by atoms with Crippen LogP contribution in [0.25, 0.3) is 10.2 Å². The molecule has 4 aromatic heterocycles. The van der Waals surface area contributed by atoms with Crippen LogP contribution < -0.4 is 27.0 Å². The SMILES string of the molecule is Cc1c(NC(=O)c2nc3c([N+](=O)[O-])cccc3s2)c[nH]c1C(=O)Nc1c[nH]c(C(=O)Nc2c[nH]c(C(=O)NCCC(=N)N)c2C)c1C. The topological polar surface area (TPSA) is 270 Å². The Hall–Kier alpha value is -6.30. The normalized spacial score (nSPS) is 10.9. The molecule has 47 heavy (non-hydrogen) atoms. The number of H-pyrrole nitrogens is 3. The summed E-state index contributed by atoms with van der Waals surface area (Å²) in [6, 6.07) is 4.47. The molecule has 17 nitrogen and oxygen atoms in total. The third kappa shape index (κ3) is 6.57. The molecule has 0 fully saturated rings. The van der Waals surface area contributed by atoms with E-state index in [9.17, 15) is 29.3 Å². The number of nitrogens with one attached hydrogen (secondary N) is 8. The van der Waals surface area contributed by atoms with Gasteiger partial charge in [0.1, 0.15) is 17.1 Å². The number of rotatable bonds is 11. The summed E-state index contributed by atoms with van der Waals surface area (Å²) >= 11 is 1.01. The number of nitro groups is 1. The number of aromatic amines is 3. The van der Waals surface area contributed by atoms with E-state index in [0.29, 0.717) is 38.5 Å². The number of anilines is 3. The van der Waals surface area contributed by atoms with Crippen molar-refractivity contribution in [1.29, 1.82) is 5.41 Å². The molecule has 0 saturated carbocycles. The Morgan fingerprint density at radius 2 is 1.34 bits per heavy atom.